The molecule has 0 aromatic carbocycles. The quantitative estimate of drug-likeness (QED) is 0.737. The SMILES string of the molecule is CC(C)C1CCc2[nH]ncc2CN1C. The van der Waals surface area contributed by atoms with Crippen LogP contribution >= 0.6 is 0 Å². The standard InChI is InChI=1S/C11H19N3/c1-8(2)11-5-4-10-9(6-12-13-10)7-14(11)3/h6,8,11H,4-5,7H2,1-3H3,(H,12,13). The highest BCUT2D eigenvalue weighted by molar-refractivity contribution is 5.18. The third kappa shape index (κ3) is 1.69. The van der Waals surface area contributed by atoms with E-state index in [1.165, 1.54) is 17.7 Å². The van der Waals surface area contributed by atoms with Crippen molar-refractivity contribution in [1.29, 1.82) is 0 Å². The zero-order valence-electron chi connectivity index (χ0n) is 9.25. The molecule has 0 amide bonds. The molecule has 0 saturated heterocycles. The number of hydrogen-bond acceptors (Lipinski definition) is 2. The van der Waals surface area contributed by atoms with Crippen molar-refractivity contribution >= 4 is 0 Å². The molecule has 14 heavy (non-hydrogen) atoms. The van der Waals surface area contributed by atoms with Crippen molar-refractivity contribution in [3.05, 3.63) is 17.5 Å². The molecular weight excluding hydrogens is 174 g/mol. The summed E-state index contributed by atoms with van der Waals surface area (Å²) in [6, 6.07) is 0.704. The summed E-state index contributed by atoms with van der Waals surface area (Å²) in [4.78, 5) is 2.45. The molecule has 0 fully saturated rings. The Kier molecular flexibility index (Phi) is 2.59. The van der Waals surface area contributed by atoms with E-state index in [0.29, 0.717) is 6.04 Å². The van der Waals surface area contributed by atoms with Crippen molar-refractivity contribution in [3.63, 3.8) is 0 Å². The molecule has 1 unspecified atom stereocenters. The summed E-state index contributed by atoms with van der Waals surface area (Å²) in [5.74, 6) is 0.733. The van der Waals surface area contributed by atoms with Crippen LogP contribution in [-0.2, 0) is 13.0 Å². The topological polar surface area (TPSA) is 31.9 Å². The maximum atomic E-state index is 4.10. The third-order valence-electron chi connectivity index (χ3n) is 3.25. The minimum absolute atomic E-state index is 0.704. The summed E-state index contributed by atoms with van der Waals surface area (Å²) >= 11 is 0. The van der Waals surface area contributed by atoms with Crippen LogP contribution in [0.4, 0.5) is 0 Å². The summed E-state index contributed by atoms with van der Waals surface area (Å²) in [5, 5.41) is 7.20. The minimum atomic E-state index is 0.704. The lowest BCUT2D eigenvalue weighted by molar-refractivity contribution is 0.180. The number of aryl methyl sites for hydroxylation is 1. The van der Waals surface area contributed by atoms with E-state index in [0.717, 1.165) is 18.9 Å². The van der Waals surface area contributed by atoms with Gasteiger partial charge in [0.05, 0.1) is 6.20 Å². The first-order valence-corrected chi connectivity index (χ1v) is 5.40. The van der Waals surface area contributed by atoms with Gasteiger partial charge in [-0.1, -0.05) is 13.8 Å². The van der Waals surface area contributed by atoms with Crippen LogP contribution < -0.4 is 0 Å². The smallest absolute Gasteiger partial charge is 0.0535 e. The summed E-state index contributed by atoms with van der Waals surface area (Å²) in [6.45, 7) is 5.65. The predicted molar refractivity (Wildman–Crippen MR) is 57.0 cm³/mol. The number of hydrogen-bond donors (Lipinski definition) is 1. The highest BCUT2D eigenvalue weighted by atomic mass is 15.2. The van der Waals surface area contributed by atoms with Crippen molar-refractivity contribution in [2.24, 2.45) is 5.92 Å². The van der Waals surface area contributed by atoms with Gasteiger partial charge in [0, 0.05) is 23.8 Å². The Morgan fingerprint density at radius 1 is 1.57 bits per heavy atom. The fourth-order valence-corrected chi connectivity index (χ4v) is 2.43. The summed E-state index contributed by atoms with van der Waals surface area (Å²) in [5.41, 5.74) is 2.70. The van der Waals surface area contributed by atoms with Gasteiger partial charge in [-0.05, 0) is 25.8 Å². The fourth-order valence-electron chi connectivity index (χ4n) is 2.43. The molecule has 2 heterocycles. The first kappa shape index (κ1) is 9.71. The van der Waals surface area contributed by atoms with Gasteiger partial charge in [0.15, 0.2) is 0 Å². The van der Waals surface area contributed by atoms with Crippen molar-refractivity contribution in [2.45, 2.75) is 39.3 Å². The predicted octanol–water partition coefficient (Wildman–Crippen LogP) is 1.81. The molecule has 1 aromatic rings. The number of H-pyrrole nitrogens is 1. The minimum Gasteiger partial charge on any atom is -0.299 e. The van der Waals surface area contributed by atoms with Crippen molar-refractivity contribution in [3.8, 4) is 0 Å². The largest absolute Gasteiger partial charge is 0.299 e. The Balaban J connectivity index is 2.17. The lowest BCUT2D eigenvalue weighted by atomic mass is 9.98. The molecular formula is C11H19N3. The van der Waals surface area contributed by atoms with Gasteiger partial charge < -0.3 is 0 Å². The van der Waals surface area contributed by atoms with Crippen molar-refractivity contribution in [2.75, 3.05) is 7.05 Å². The Morgan fingerprint density at radius 2 is 2.36 bits per heavy atom. The Labute approximate surface area is 85.5 Å². The number of nitrogens with one attached hydrogen (secondary N) is 1. The molecule has 1 N–H and O–H groups in total. The van der Waals surface area contributed by atoms with Gasteiger partial charge >= 0.3 is 0 Å². The Morgan fingerprint density at radius 3 is 3.07 bits per heavy atom. The van der Waals surface area contributed by atoms with E-state index in [-0.39, 0.29) is 0 Å². The van der Waals surface area contributed by atoms with Crippen LogP contribution in [0, 0.1) is 5.92 Å². The van der Waals surface area contributed by atoms with Crippen LogP contribution in [0.15, 0.2) is 6.20 Å². The molecule has 3 nitrogen and oxygen atoms in total. The second-order valence-electron chi connectivity index (χ2n) is 4.64. The molecule has 0 aliphatic carbocycles. The van der Waals surface area contributed by atoms with Crippen molar-refractivity contribution in [1.82, 2.24) is 15.1 Å². The Hall–Kier alpha value is -0.830. The number of aromatic nitrogens is 2. The molecule has 1 aliphatic heterocycles. The number of nitrogens with zero attached hydrogens (tertiary/aromatic N) is 2. The number of aromatic amines is 1. The normalized spacial score (nSPS) is 23.6. The summed E-state index contributed by atoms with van der Waals surface area (Å²) in [7, 11) is 2.22. The second-order valence-corrected chi connectivity index (χ2v) is 4.64. The van der Waals surface area contributed by atoms with Gasteiger partial charge in [-0.15, -0.1) is 0 Å². The van der Waals surface area contributed by atoms with Gasteiger partial charge in [0.25, 0.3) is 0 Å². The molecule has 0 radical (unpaired) electrons. The average Bonchev–Trinajstić information content (AvgIpc) is 2.47. The summed E-state index contributed by atoms with van der Waals surface area (Å²) in [6.07, 6.45) is 4.35. The molecule has 0 bridgehead atoms. The summed E-state index contributed by atoms with van der Waals surface area (Å²) < 4.78 is 0. The fraction of sp³-hybridized carbons (Fsp3) is 0.727. The number of fused-ring (bicyclic) bond motifs is 1. The molecule has 0 saturated carbocycles. The molecule has 2 rings (SSSR count). The molecule has 1 atom stereocenters. The Bertz CT molecular complexity index is 303. The van der Waals surface area contributed by atoms with Gasteiger partial charge in [0.2, 0.25) is 0 Å². The van der Waals surface area contributed by atoms with E-state index in [4.69, 9.17) is 0 Å². The highest BCUT2D eigenvalue weighted by Gasteiger charge is 2.23. The van der Waals surface area contributed by atoms with E-state index in [2.05, 4.69) is 36.0 Å². The van der Waals surface area contributed by atoms with E-state index < -0.39 is 0 Å². The van der Waals surface area contributed by atoms with Crippen LogP contribution in [0.1, 0.15) is 31.5 Å². The van der Waals surface area contributed by atoms with Crippen LogP contribution in [0.2, 0.25) is 0 Å². The third-order valence-corrected chi connectivity index (χ3v) is 3.25. The number of rotatable bonds is 1. The maximum Gasteiger partial charge on any atom is 0.0535 e. The van der Waals surface area contributed by atoms with E-state index in [1.54, 1.807) is 0 Å². The van der Waals surface area contributed by atoms with E-state index >= 15 is 0 Å². The second kappa shape index (κ2) is 3.73. The van der Waals surface area contributed by atoms with Gasteiger partial charge in [-0.2, -0.15) is 5.10 Å². The monoisotopic (exact) mass is 193 g/mol. The molecule has 0 spiro atoms. The van der Waals surface area contributed by atoms with Crippen LogP contribution in [0.5, 0.6) is 0 Å². The highest BCUT2D eigenvalue weighted by Crippen LogP contribution is 2.23. The van der Waals surface area contributed by atoms with Gasteiger partial charge in [-0.25, -0.2) is 0 Å². The zero-order chi connectivity index (χ0) is 10.1. The first-order valence-electron chi connectivity index (χ1n) is 5.40. The lowest BCUT2D eigenvalue weighted by Gasteiger charge is -2.28. The van der Waals surface area contributed by atoms with Crippen LogP contribution in [-0.4, -0.2) is 28.2 Å². The lowest BCUT2D eigenvalue weighted by Crippen LogP contribution is -2.34. The van der Waals surface area contributed by atoms with Crippen molar-refractivity contribution < 1.29 is 0 Å². The molecule has 3 heteroatoms. The zero-order valence-corrected chi connectivity index (χ0v) is 9.25. The van der Waals surface area contributed by atoms with Crippen LogP contribution in [0.25, 0.3) is 0 Å². The van der Waals surface area contributed by atoms with Gasteiger partial charge in [0.1, 0.15) is 0 Å². The van der Waals surface area contributed by atoms with Crippen LogP contribution in [0.3, 0.4) is 0 Å². The molecule has 78 valence electrons. The van der Waals surface area contributed by atoms with Gasteiger partial charge in [-0.3, -0.25) is 10.00 Å². The maximum absolute atomic E-state index is 4.10. The molecule has 1 aliphatic rings. The average molecular weight is 193 g/mol. The van der Waals surface area contributed by atoms with E-state index in [9.17, 15) is 0 Å². The first-order chi connectivity index (χ1) is 6.68. The van der Waals surface area contributed by atoms with E-state index in [1.807, 2.05) is 6.20 Å². The molecule has 1 aromatic heterocycles.